The van der Waals surface area contributed by atoms with Crippen LogP contribution in [0.4, 0.5) is 0 Å². The Morgan fingerprint density at radius 3 is 2.88 bits per heavy atom. The van der Waals surface area contributed by atoms with Crippen molar-refractivity contribution in [3.8, 4) is 0 Å². The highest BCUT2D eigenvalue weighted by Gasteiger charge is 2.04. The van der Waals surface area contributed by atoms with Gasteiger partial charge in [-0.05, 0) is 25.2 Å². The van der Waals surface area contributed by atoms with E-state index in [-0.39, 0.29) is 0 Å². The lowest BCUT2D eigenvalue weighted by Crippen LogP contribution is -2.00. The number of rotatable bonds is 1. The smallest absolute Gasteiger partial charge is 0.00583 e. The average Bonchev–Trinajstić information content (AvgIpc) is 1.90. The monoisotopic (exact) mass is 222 g/mol. The summed E-state index contributed by atoms with van der Waals surface area (Å²) in [5.41, 5.74) is 0. The van der Waals surface area contributed by atoms with Gasteiger partial charge in [-0.1, -0.05) is 34.7 Å². The van der Waals surface area contributed by atoms with Crippen molar-refractivity contribution in [1.29, 1.82) is 0 Å². The molecule has 8 heavy (non-hydrogen) atoms. The predicted molar refractivity (Wildman–Crippen MR) is 45.4 cm³/mol. The lowest BCUT2D eigenvalue weighted by atomic mass is 9.98. The molecule has 46 valence electrons. The molecule has 1 aliphatic carbocycles. The summed E-state index contributed by atoms with van der Waals surface area (Å²) in [6.45, 7) is 0. The quantitative estimate of drug-likeness (QED) is 0.363. The lowest BCUT2D eigenvalue weighted by Gasteiger charge is -2.11. The molecule has 0 nitrogen and oxygen atoms in total. The van der Waals surface area contributed by atoms with Gasteiger partial charge in [0.2, 0.25) is 0 Å². The van der Waals surface area contributed by atoms with E-state index in [4.69, 9.17) is 0 Å². The highest BCUT2D eigenvalue weighted by atomic mass is 127. The fraction of sp³-hybridized carbons (Fsp3) is 0.714. The largest absolute Gasteiger partial charge is 0.0882 e. The molecule has 0 fully saturated rings. The van der Waals surface area contributed by atoms with Crippen molar-refractivity contribution in [2.24, 2.45) is 5.92 Å². The number of allylic oxidation sites excluding steroid dienone is 2. The number of halogens is 1. The highest BCUT2D eigenvalue weighted by molar-refractivity contribution is 14.1. The summed E-state index contributed by atoms with van der Waals surface area (Å²) < 4.78 is 1.30. The maximum Gasteiger partial charge on any atom is 0.00583 e. The van der Waals surface area contributed by atoms with Crippen LogP contribution in [0.25, 0.3) is 0 Å². The van der Waals surface area contributed by atoms with Crippen LogP contribution in [0.5, 0.6) is 0 Å². The second-order valence-corrected chi connectivity index (χ2v) is 3.15. The minimum absolute atomic E-state index is 0.893. The van der Waals surface area contributed by atoms with Crippen molar-refractivity contribution in [2.75, 3.05) is 4.43 Å². The van der Waals surface area contributed by atoms with Crippen LogP contribution in [-0.4, -0.2) is 4.43 Å². The molecular formula is C7H11I. The van der Waals surface area contributed by atoms with Gasteiger partial charge in [-0.3, -0.25) is 0 Å². The number of hydrogen-bond acceptors (Lipinski definition) is 0. The van der Waals surface area contributed by atoms with Gasteiger partial charge in [-0.15, -0.1) is 0 Å². The zero-order valence-electron chi connectivity index (χ0n) is 4.94. The first-order chi connectivity index (χ1) is 3.93. The van der Waals surface area contributed by atoms with Gasteiger partial charge in [0.25, 0.3) is 0 Å². The summed E-state index contributed by atoms with van der Waals surface area (Å²) in [5, 5.41) is 0. The highest BCUT2D eigenvalue weighted by Crippen LogP contribution is 2.18. The molecular weight excluding hydrogens is 211 g/mol. The van der Waals surface area contributed by atoms with Crippen LogP contribution >= 0.6 is 22.6 Å². The first-order valence-corrected chi connectivity index (χ1v) is 4.68. The summed E-state index contributed by atoms with van der Waals surface area (Å²) in [7, 11) is 0. The molecule has 0 bridgehead atoms. The molecule has 0 aliphatic heterocycles. The van der Waals surface area contributed by atoms with E-state index in [2.05, 4.69) is 34.7 Å². The van der Waals surface area contributed by atoms with Crippen molar-refractivity contribution in [3.05, 3.63) is 12.2 Å². The van der Waals surface area contributed by atoms with E-state index in [1.807, 2.05) is 0 Å². The molecule has 0 saturated heterocycles. The Morgan fingerprint density at radius 2 is 2.50 bits per heavy atom. The Kier molecular flexibility index (Phi) is 2.87. The SMILES string of the molecule is ICC1C=CCCC1. The van der Waals surface area contributed by atoms with Gasteiger partial charge in [0.15, 0.2) is 0 Å². The van der Waals surface area contributed by atoms with Crippen LogP contribution in [0.15, 0.2) is 12.2 Å². The van der Waals surface area contributed by atoms with Gasteiger partial charge < -0.3 is 0 Å². The third-order valence-electron chi connectivity index (χ3n) is 1.55. The van der Waals surface area contributed by atoms with Crippen LogP contribution in [0.3, 0.4) is 0 Å². The van der Waals surface area contributed by atoms with E-state index in [0.29, 0.717) is 0 Å². The van der Waals surface area contributed by atoms with Crippen LogP contribution < -0.4 is 0 Å². The van der Waals surface area contributed by atoms with E-state index in [1.165, 1.54) is 23.7 Å². The molecule has 0 amide bonds. The maximum absolute atomic E-state index is 2.46. The van der Waals surface area contributed by atoms with E-state index >= 15 is 0 Å². The van der Waals surface area contributed by atoms with Crippen LogP contribution in [-0.2, 0) is 0 Å². The Balaban J connectivity index is 2.32. The van der Waals surface area contributed by atoms with Crippen molar-refractivity contribution in [1.82, 2.24) is 0 Å². The summed E-state index contributed by atoms with van der Waals surface area (Å²) in [4.78, 5) is 0. The normalized spacial score (nSPS) is 28.4. The molecule has 1 atom stereocenters. The topological polar surface area (TPSA) is 0 Å². The Labute approximate surface area is 64.5 Å². The number of hydrogen-bond donors (Lipinski definition) is 0. The van der Waals surface area contributed by atoms with Crippen molar-refractivity contribution >= 4 is 22.6 Å². The molecule has 0 aromatic carbocycles. The molecule has 1 heteroatoms. The lowest BCUT2D eigenvalue weighted by molar-refractivity contribution is 0.598. The van der Waals surface area contributed by atoms with E-state index in [1.54, 1.807) is 0 Å². The molecule has 0 saturated carbocycles. The molecule has 1 unspecified atom stereocenters. The molecule has 1 rings (SSSR count). The Bertz CT molecular complexity index is 86.4. The van der Waals surface area contributed by atoms with E-state index < -0.39 is 0 Å². The van der Waals surface area contributed by atoms with Crippen molar-refractivity contribution < 1.29 is 0 Å². The molecule has 0 aromatic heterocycles. The van der Waals surface area contributed by atoms with Crippen LogP contribution in [0.1, 0.15) is 19.3 Å². The fourth-order valence-corrected chi connectivity index (χ4v) is 1.75. The summed E-state index contributed by atoms with van der Waals surface area (Å²) in [6.07, 6.45) is 8.81. The molecule has 0 aromatic rings. The molecule has 0 spiro atoms. The third kappa shape index (κ3) is 1.77. The predicted octanol–water partition coefficient (Wildman–Crippen LogP) is 2.78. The fourth-order valence-electron chi connectivity index (χ4n) is 1.01. The van der Waals surface area contributed by atoms with Gasteiger partial charge in [0.1, 0.15) is 0 Å². The Morgan fingerprint density at radius 1 is 1.62 bits per heavy atom. The van der Waals surface area contributed by atoms with Gasteiger partial charge in [0, 0.05) is 4.43 Å². The average molecular weight is 222 g/mol. The second kappa shape index (κ2) is 3.49. The maximum atomic E-state index is 2.46. The van der Waals surface area contributed by atoms with Gasteiger partial charge in [-0.2, -0.15) is 0 Å². The van der Waals surface area contributed by atoms with Crippen LogP contribution in [0, 0.1) is 5.92 Å². The summed E-state index contributed by atoms with van der Waals surface area (Å²) in [6, 6.07) is 0. The first-order valence-electron chi connectivity index (χ1n) is 3.16. The summed E-state index contributed by atoms with van der Waals surface area (Å²) >= 11 is 2.46. The molecule has 1 aliphatic rings. The first kappa shape index (κ1) is 6.59. The van der Waals surface area contributed by atoms with Gasteiger partial charge in [-0.25, -0.2) is 0 Å². The van der Waals surface area contributed by atoms with Crippen LogP contribution in [0.2, 0.25) is 0 Å². The Hall–Kier alpha value is 0.470. The van der Waals surface area contributed by atoms with Gasteiger partial charge >= 0.3 is 0 Å². The zero-order chi connectivity index (χ0) is 5.82. The number of alkyl halides is 1. The van der Waals surface area contributed by atoms with Crippen molar-refractivity contribution in [2.45, 2.75) is 19.3 Å². The minimum atomic E-state index is 0.893. The van der Waals surface area contributed by atoms with E-state index in [9.17, 15) is 0 Å². The zero-order valence-corrected chi connectivity index (χ0v) is 7.10. The third-order valence-corrected chi connectivity index (χ3v) is 2.68. The standard InChI is InChI=1S/C7H11I/c8-6-7-4-2-1-3-5-7/h2,4,7H,1,3,5-6H2. The molecule has 0 N–H and O–H groups in total. The molecule has 0 heterocycles. The van der Waals surface area contributed by atoms with Crippen molar-refractivity contribution in [3.63, 3.8) is 0 Å². The second-order valence-electron chi connectivity index (χ2n) is 2.27. The van der Waals surface area contributed by atoms with Gasteiger partial charge in [0.05, 0.1) is 0 Å². The minimum Gasteiger partial charge on any atom is -0.0882 e. The molecule has 0 radical (unpaired) electrons. The van der Waals surface area contributed by atoms with E-state index in [0.717, 1.165) is 5.92 Å². The summed E-state index contributed by atoms with van der Waals surface area (Å²) in [5.74, 6) is 0.893.